The number of rotatable bonds is 3. The summed E-state index contributed by atoms with van der Waals surface area (Å²) in [6, 6.07) is 8.15. The molecule has 1 fully saturated rings. The van der Waals surface area contributed by atoms with Gasteiger partial charge in [0, 0.05) is 5.54 Å². The van der Waals surface area contributed by atoms with Crippen LogP contribution < -0.4 is 10.5 Å². The Balaban J connectivity index is 2.10. The molecule has 0 unspecified atom stereocenters. The monoisotopic (exact) mass is 191 g/mol. The minimum atomic E-state index is -0.0314. The third-order valence-electron chi connectivity index (χ3n) is 2.59. The van der Waals surface area contributed by atoms with E-state index in [9.17, 15) is 0 Å². The number of benzene rings is 1. The first-order valence-electron chi connectivity index (χ1n) is 5.16. The summed E-state index contributed by atoms with van der Waals surface area (Å²) in [5.41, 5.74) is 7.28. The molecule has 0 heterocycles. The predicted molar refractivity (Wildman–Crippen MR) is 57.3 cm³/mol. The standard InChI is InChI=1S/C12H17NO/c1-9(2)14-11-5-3-10(4-6-11)12(13)7-8-12/h3-6,9H,7-8,13H2,1-2H3. The summed E-state index contributed by atoms with van der Waals surface area (Å²) in [7, 11) is 0. The van der Waals surface area contributed by atoms with Gasteiger partial charge in [0.05, 0.1) is 6.10 Å². The fraction of sp³-hybridized carbons (Fsp3) is 0.500. The van der Waals surface area contributed by atoms with Gasteiger partial charge in [0.15, 0.2) is 0 Å². The molecule has 14 heavy (non-hydrogen) atoms. The Bertz CT molecular complexity index is 312. The number of hydrogen-bond acceptors (Lipinski definition) is 2. The summed E-state index contributed by atoms with van der Waals surface area (Å²) in [6.07, 6.45) is 2.45. The summed E-state index contributed by atoms with van der Waals surface area (Å²) >= 11 is 0. The van der Waals surface area contributed by atoms with Crippen LogP contribution in [0.4, 0.5) is 0 Å². The molecule has 0 radical (unpaired) electrons. The van der Waals surface area contributed by atoms with Crippen LogP contribution >= 0.6 is 0 Å². The minimum absolute atomic E-state index is 0.0314. The largest absolute Gasteiger partial charge is 0.491 e. The summed E-state index contributed by atoms with van der Waals surface area (Å²) in [4.78, 5) is 0. The molecular formula is C12H17NO. The van der Waals surface area contributed by atoms with Gasteiger partial charge in [-0.15, -0.1) is 0 Å². The van der Waals surface area contributed by atoms with E-state index in [1.807, 2.05) is 26.0 Å². The minimum Gasteiger partial charge on any atom is -0.491 e. The van der Waals surface area contributed by atoms with Crippen LogP contribution in [-0.2, 0) is 5.54 Å². The van der Waals surface area contributed by atoms with Gasteiger partial charge in [-0.25, -0.2) is 0 Å². The molecule has 1 aliphatic carbocycles. The van der Waals surface area contributed by atoms with Crippen molar-refractivity contribution in [2.45, 2.75) is 38.3 Å². The van der Waals surface area contributed by atoms with Crippen LogP contribution in [0.1, 0.15) is 32.3 Å². The van der Waals surface area contributed by atoms with Gasteiger partial charge in [0.25, 0.3) is 0 Å². The van der Waals surface area contributed by atoms with Crippen LogP contribution in [0.15, 0.2) is 24.3 Å². The quantitative estimate of drug-likeness (QED) is 0.796. The van der Waals surface area contributed by atoms with Crippen molar-refractivity contribution in [1.29, 1.82) is 0 Å². The SMILES string of the molecule is CC(C)Oc1ccc(C2(N)CC2)cc1. The van der Waals surface area contributed by atoms with Gasteiger partial charge in [0.1, 0.15) is 5.75 Å². The summed E-state index contributed by atoms with van der Waals surface area (Å²) in [6.45, 7) is 4.05. The summed E-state index contributed by atoms with van der Waals surface area (Å²) in [5.74, 6) is 0.924. The maximum Gasteiger partial charge on any atom is 0.119 e. The van der Waals surface area contributed by atoms with E-state index in [4.69, 9.17) is 10.5 Å². The van der Waals surface area contributed by atoms with Crippen LogP contribution in [0.3, 0.4) is 0 Å². The van der Waals surface area contributed by atoms with Crippen LogP contribution in [0.5, 0.6) is 5.75 Å². The van der Waals surface area contributed by atoms with Gasteiger partial charge < -0.3 is 10.5 Å². The van der Waals surface area contributed by atoms with E-state index < -0.39 is 0 Å². The van der Waals surface area contributed by atoms with Crippen molar-refractivity contribution in [2.75, 3.05) is 0 Å². The zero-order valence-corrected chi connectivity index (χ0v) is 8.79. The second-order valence-electron chi connectivity index (χ2n) is 4.35. The highest BCUT2D eigenvalue weighted by Gasteiger charge is 2.39. The highest BCUT2D eigenvalue weighted by atomic mass is 16.5. The molecule has 2 rings (SSSR count). The van der Waals surface area contributed by atoms with E-state index in [2.05, 4.69) is 12.1 Å². The molecule has 1 aromatic carbocycles. The van der Waals surface area contributed by atoms with Crippen molar-refractivity contribution in [3.05, 3.63) is 29.8 Å². The van der Waals surface area contributed by atoms with Crippen molar-refractivity contribution >= 4 is 0 Å². The second-order valence-corrected chi connectivity index (χ2v) is 4.35. The maximum atomic E-state index is 6.08. The Morgan fingerprint density at radius 1 is 1.21 bits per heavy atom. The molecule has 2 heteroatoms. The second kappa shape index (κ2) is 3.28. The van der Waals surface area contributed by atoms with E-state index in [0.717, 1.165) is 18.6 Å². The lowest BCUT2D eigenvalue weighted by Gasteiger charge is -2.12. The van der Waals surface area contributed by atoms with Crippen molar-refractivity contribution < 1.29 is 4.74 Å². The molecule has 2 N–H and O–H groups in total. The molecule has 0 spiro atoms. The molecule has 0 bridgehead atoms. The molecule has 0 aromatic heterocycles. The van der Waals surface area contributed by atoms with Crippen molar-refractivity contribution in [3.8, 4) is 5.75 Å². The molecule has 0 aliphatic heterocycles. The van der Waals surface area contributed by atoms with Gasteiger partial charge in [-0.3, -0.25) is 0 Å². The number of ether oxygens (including phenoxy) is 1. The normalized spacial score (nSPS) is 18.3. The van der Waals surface area contributed by atoms with E-state index in [1.165, 1.54) is 5.56 Å². The van der Waals surface area contributed by atoms with Crippen molar-refractivity contribution in [1.82, 2.24) is 0 Å². The van der Waals surface area contributed by atoms with E-state index >= 15 is 0 Å². The maximum absolute atomic E-state index is 6.08. The smallest absolute Gasteiger partial charge is 0.119 e. The summed E-state index contributed by atoms with van der Waals surface area (Å²) in [5, 5.41) is 0. The first kappa shape index (κ1) is 9.53. The predicted octanol–water partition coefficient (Wildman–Crippen LogP) is 2.42. The number of nitrogens with two attached hydrogens (primary N) is 1. The molecule has 76 valence electrons. The molecule has 0 amide bonds. The van der Waals surface area contributed by atoms with Crippen LogP contribution in [-0.4, -0.2) is 6.10 Å². The molecular weight excluding hydrogens is 174 g/mol. The Hall–Kier alpha value is -1.02. The van der Waals surface area contributed by atoms with Gasteiger partial charge >= 0.3 is 0 Å². The third kappa shape index (κ3) is 1.90. The fourth-order valence-corrected chi connectivity index (χ4v) is 1.56. The average Bonchev–Trinajstić information content (AvgIpc) is 2.85. The highest BCUT2D eigenvalue weighted by Crippen LogP contribution is 2.42. The van der Waals surface area contributed by atoms with Crippen molar-refractivity contribution in [2.24, 2.45) is 5.73 Å². The topological polar surface area (TPSA) is 35.2 Å². The van der Waals surface area contributed by atoms with Gasteiger partial charge in [-0.2, -0.15) is 0 Å². The molecule has 1 saturated carbocycles. The van der Waals surface area contributed by atoms with E-state index in [-0.39, 0.29) is 11.6 Å². The zero-order chi connectivity index (χ0) is 10.2. The lowest BCUT2D eigenvalue weighted by molar-refractivity contribution is 0.242. The van der Waals surface area contributed by atoms with Crippen molar-refractivity contribution in [3.63, 3.8) is 0 Å². The third-order valence-corrected chi connectivity index (χ3v) is 2.59. The Morgan fingerprint density at radius 3 is 2.21 bits per heavy atom. The van der Waals surface area contributed by atoms with Gasteiger partial charge in [-0.1, -0.05) is 12.1 Å². The van der Waals surface area contributed by atoms with Crippen LogP contribution in [0, 0.1) is 0 Å². The van der Waals surface area contributed by atoms with E-state index in [1.54, 1.807) is 0 Å². The first-order chi connectivity index (χ1) is 6.60. The number of hydrogen-bond donors (Lipinski definition) is 1. The summed E-state index contributed by atoms with van der Waals surface area (Å²) < 4.78 is 5.56. The van der Waals surface area contributed by atoms with Crippen LogP contribution in [0.25, 0.3) is 0 Å². The fourth-order valence-electron chi connectivity index (χ4n) is 1.56. The lowest BCUT2D eigenvalue weighted by atomic mass is 10.1. The first-order valence-corrected chi connectivity index (χ1v) is 5.16. The van der Waals surface area contributed by atoms with E-state index in [0.29, 0.717) is 0 Å². The molecule has 0 saturated heterocycles. The molecule has 0 atom stereocenters. The molecule has 1 aromatic rings. The Kier molecular flexibility index (Phi) is 2.23. The Morgan fingerprint density at radius 2 is 1.79 bits per heavy atom. The van der Waals surface area contributed by atoms with Crippen LogP contribution in [0.2, 0.25) is 0 Å². The highest BCUT2D eigenvalue weighted by molar-refractivity contribution is 5.34. The molecule has 1 aliphatic rings. The molecule has 2 nitrogen and oxygen atoms in total. The zero-order valence-electron chi connectivity index (χ0n) is 8.79. The van der Waals surface area contributed by atoms with Gasteiger partial charge in [-0.05, 0) is 44.4 Å². The Labute approximate surface area is 85.1 Å². The average molecular weight is 191 g/mol. The van der Waals surface area contributed by atoms with Gasteiger partial charge in [0.2, 0.25) is 0 Å². The lowest BCUT2D eigenvalue weighted by Crippen LogP contribution is -2.18.